The van der Waals surface area contributed by atoms with Crippen LogP contribution in [0, 0.1) is 19.7 Å². The molecule has 1 aliphatic heterocycles. The van der Waals surface area contributed by atoms with Gasteiger partial charge in [-0.1, -0.05) is 48.5 Å². The number of fused-ring (bicyclic) bond motifs is 1. The van der Waals surface area contributed by atoms with Crippen molar-refractivity contribution in [3.8, 4) is 0 Å². The molecule has 1 N–H and O–H groups in total. The summed E-state index contributed by atoms with van der Waals surface area (Å²) >= 11 is 0. The number of piperazine rings is 1. The van der Waals surface area contributed by atoms with E-state index >= 15 is 0 Å². The fraction of sp³-hybridized carbons (Fsp3) is 0.290. The molecule has 0 spiro atoms. The van der Waals surface area contributed by atoms with Gasteiger partial charge in [0.25, 0.3) is 5.56 Å². The lowest BCUT2D eigenvalue weighted by atomic mass is 9.99. The maximum atomic E-state index is 14.5. The average molecular weight is 538 g/mol. The van der Waals surface area contributed by atoms with Crippen LogP contribution in [0.3, 0.4) is 0 Å². The van der Waals surface area contributed by atoms with Gasteiger partial charge in [0, 0.05) is 49.2 Å². The SMILES string of the molecule is Cc1cc(C)c2cc(C(c3nnnn3CCc3ccccc3)N3CCN(c4ccccc4F)CC3)c(=O)[nH]c2c1. The first-order valence-electron chi connectivity index (χ1n) is 13.7. The molecule has 40 heavy (non-hydrogen) atoms. The summed E-state index contributed by atoms with van der Waals surface area (Å²) in [5.41, 5.74) is 5.25. The summed E-state index contributed by atoms with van der Waals surface area (Å²) in [7, 11) is 0. The van der Waals surface area contributed by atoms with Crippen LogP contribution in [-0.4, -0.2) is 56.3 Å². The van der Waals surface area contributed by atoms with E-state index in [1.165, 1.54) is 11.6 Å². The molecule has 0 aliphatic carbocycles. The van der Waals surface area contributed by atoms with Crippen molar-refractivity contribution in [2.45, 2.75) is 32.9 Å². The Morgan fingerprint density at radius 2 is 1.70 bits per heavy atom. The third-order valence-electron chi connectivity index (χ3n) is 7.77. The van der Waals surface area contributed by atoms with Crippen molar-refractivity contribution in [1.29, 1.82) is 0 Å². The Morgan fingerprint density at radius 3 is 2.48 bits per heavy atom. The number of nitrogens with zero attached hydrogens (tertiary/aromatic N) is 6. The molecule has 6 rings (SSSR count). The van der Waals surface area contributed by atoms with Crippen LogP contribution >= 0.6 is 0 Å². The van der Waals surface area contributed by atoms with Gasteiger partial charge in [0.15, 0.2) is 5.82 Å². The highest BCUT2D eigenvalue weighted by molar-refractivity contribution is 5.83. The quantitative estimate of drug-likeness (QED) is 0.331. The average Bonchev–Trinajstić information content (AvgIpc) is 3.42. The van der Waals surface area contributed by atoms with Crippen LogP contribution in [0.1, 0.15) is 34.1 Å². The van der Waals surface area contributed by atoms with E-state index < -0.39 is 6.04 Å². The Kier molecular flexibility index (Phi) is 7.13. The van der Waals surface area contributed by atoms with Crippen LogP contribution in [-0.2, 0) is 13.0 Å². The molecule has 5 aromatic rings. The number of halogens is 1. The molecule has 2 aromatic heterocycles. The molecule has 1 atom stereocenters. The van der Waals surface area contributed by atoms with Crippen LogP contribution in [0.4, 0.5) is 10.1 Å². The Hall–Kier alpha value is -4.37. The summed E-state index contributed by atoms with van der Waals surface area (Å²) in [6.45, 7) is 7.14. The van der Waals surface area contributed by atoms with Gasteiger partial charge in [-0.3, -0.25) is 9.69 Å². The van der Waals surface area contributed by atoms with Gasteiger partial charge in [0.05, 0.1) is 5.69 Å². The fourth-order valence-electron chi connectivity index (χ4n) is 5.77. The highest BCUT2D eigenvalue weighted by Gasteiger charge is 2.33. The number of anilines is 1. The molecular formula is C31H32FN7O. The monoisotopic (exact) mass is 537 g/mol. The number of para-hydroxylation sites is 1. The number of H-pyrrole nitrogens is 1. The zero-order valence-corrected chi connectivity index (χ0v) is 22.7. The number of aromatic amines is 1. The minimum atomic E-state index is -0.456. The number of benzene rings is 3. The van der Waals surface area contributed by atoms with Gasteiger partial charge in [-0.25, -0.2) is 9.07 Å². The van der Waals surface area contributed by atoms with Gasteiger partial charge in [-0.05, 0) is 71.7 Å². The predicted molar refractivity (Wildman–Crippen MR) is 154 cm³/mol. The number of tetrazole rings is 1. The summed E-state index contributed by atoms with van der Waals surface area (Å²) < 4.78 is 16.3. The molecule has 0 radical (unpaired) electrons. The smallest absolute Gasteiger partial charge is 0.253 e. The van der Waals surface area contributed by atoms with Crippen molar-refractivity contribution >= 4 is 16.6 Å². The van der Waals surface area contributed by atoms with Crippen LogP contribution in [0.15, 0.2) is 77.6 Å². The van der Waals surface area contributed by atoms with E-state index in [4.69, 9.17) is 0 Å². The second kappa shape index (κ2) is 11.0. The normalized spacial score (nSPS) is 15.0. The number of hydrogen-bond acceptors (Lipinski definition) is 6. The topological polar surface area (TPSA) is 82.9 Å². The Labute approximate surface area is 232 Å². The van der Waals surface area contributed by atoms with Crippen molar-refractivity contribution in [2.75, 3.05) is 31.1 Å². The van der Waals surface area contributed by atoms with E-state index in [1.807, 2.05) is 54.1 Å². The van der Waals surface area contributed by atoms with Crippen molar-refractivity contribution in [3.05, 3.63) is 117 Å². The highest BCUT2D eigenvalue weighted by atomic mass is 19.1. The molecule has 0 amide bonds. The maximum Gasteiger partial charge on any atom is 0.253 e. The zero-order chi connectivity index (χ0) is 27.6. The molecule has 3 heterocycles. The molecule has 0 bridgehead atoms. The first kappa shape index (κ1) is 25.9. The number of rotatable bonds is 7. The van der Waals surface area contributed by atoms with Gasteiger partial charge in [0.2, 0.25) is 0 Å². The predicted octanol–water partition coefficient (Wildman–Crippen LogP) is 4.42. The molecule has 1 saturated heterocycles. The van der Waals surface area contributed by atoms with Crippen LogP contribution < -0.4 is 10.5 Å². The zero-order valence-electron chi connectivity index (χ0n) is 22.7. The van der Waals surface area contributed by atoms with Gasteiger partial charge >= 0.3 is 0 Å². The molecule has 8 nitrogen and oxygen atoms in total. The molecule has 1 unspecified atom stereocenters. The van der Waals surface area contributed by atoms with E-state index in [1.54, 1.807) is 6.07 Å². The van der Waals surface area contributed by atoms with Crippen LogP contribution in [0.5, 0.6) is 0 Å². The lowest BCUT2D eigenvalue weighted by molar-refractivity contribution is 0.199. The number of pyridine rings is 1. The van der Waals surface area contributed by atoms with Crippen LogP contribution in [0.25, 0.3) is 10.9 Å². The van der Waals surface area contributed by atoms with Gasteiger partial charge in [-0.15, -0.1) is 5.10 Å². The lowest BCUT2D eigenvalue weighted by Gasteiger charge is -2.39. The third-order valence-corrected chi connectivity index (χ3v) is 7.77. The number of aryl methyl sites for hydroxylation is 4. The van der Waals surface area contributed by atoms with E-state index in [9.17, 15) is 9.18 Å². The molecule has 9 heteroatoms. The summed E-state index contributed by atoms with van der Waals surface area (Å²) in [5.74, 6) is 0.402. The van der Waals surface area contributed by atoms with Crippen molar-refractivity contribution in [2.24, 2.45) is 0 Å². The van der Waals surface area contributed by atoms with Gasteiger partial charge < -0.3 is 9.88 Å². The van der Waals surface area contributed by atoms with E-state index in [-0.39, 0.29) is 11.4 Å². The minimum absolute atomic E-state index is 0.156. The summed E-state index contributed by atoms with van der Waals surface area (Å²) in [5, 5.41) is 13.8. The number of hydrogen-bond donors (Lipinski definition) is 1. The van der Waals surface area contributed by atoms with Gasteiger partial charge in [0.1, 0.15) is 11.9 Å². The van der Waals surface area contributed by atoms with Crippen molar-refractivity contribution < 1.29 is 4.39 Å². The lowest BCUT2D eigenvalue weighted by Crippen LogP contribution is -2.49. The van der Waals surface area contributed by atoms with E-state index in [0.717, 1.165) is 28.5 Å². The molecule has 0 saturated carbocycles. The minimum Gasteiger partial charge on any atom is -0.367 e. The first-order valence-corrected chi connectivity index (χ1v) is 13.7. The highest BCUT2D eigenvalue weighted by Crippen LogP contribution is 2.30. The second-order valence-corrected chi connectivity index (χ2v) is 10.5. The fourth-order valence-corrected chi connectivity index (χ4v) is 5.77. The van der Waals surface area contributed by atoms with Crippen LogP contribution in [0.2, 0.25) is 0 Å². The number of nitrogens with one attached hydrogen (secondary N) is 1. The Balaban J connectivity index is 1.38. The van der Waals surface area contributed by atoms with Crippen molar-refractivity contribution in [3.63, 3.8) is 0 Å². The van der Waals surface area contributed by atoms with Crippen molar-refractivity contribution in [1.82, 2.24) is 30.1 Å². The Bertz CT molecular complexity index is 1690. The van der Waals surface area contributed by atoms with Gasteiger partial charge in [-0.2, -0.15) is 0 Å². The molecular weight excluding hydrogens is 505 g/mol. The summed E-state index contributed by atoms with van der Waals surface area (Å²) in [4.78, 5) is 21.0. The molecule has 3 aromatic carbocycles. The number of aromatic nitrogens is 5. The van der Waals surface area contributed by atoms with E-state index in [2.05, 4.69) is 55.4 Å². The third kappa shape index (κ3) is 5.12. The van der Waals surface area contributed by atoms with E-state index in [0.29, 0.717) is 49.8 Å². The standard InChI is InChI=1S/C31H32FN7O/c1-21-18-22(2)24-20-25(31(40)33-27(24)19-21)29(30-34-35-36-39(30)13-12-23-8-4-3-5-9-23)38-16-14-37(15-17-38)28-11-7-6-10-26(28)32/h3-11,18-20,29H,12-17H2,1-2H3,(H,33,40). The first-order chi connectivity index (χ1) is 19.5. The molecule has 1 fully saturated rings. The molecule has 1 aliphatic rings. The second-order valence-electron chi connectivity index (χ2n) is 10.5. The Morgan fingerprint density at radius 1 is 0.950 bits per heavy atom. The summed E-state index contributed by atoms with van der Waals surface area (Å²) in [6.07, 6.45) is 0.763. The molecule has 204 valence electrons. The largest absolute Gasteiger partial charge is 0.367 e. The summed E-state index contributed by atoms with van der Waals surface area (Å²) in [6, 6.07) is 22.7. The maximum absolute atomic E-state index is 14.5.